The zero-order valence-electron chi connectivity index (χ0n) is 11.5. The molecular weight excluding hydrogens is 288 g/mol. The Morgan fingerprint density at radius 1 is 1.28 bits per heavy atom. The number of rotatable bonds is 4. The lowest BCUT2D eigenvalue weighted by molar-refractivity contribution is 0.597. The summed E-state index contributed by atoms with van der Waals surface area (Å²) < 4.78 is 3.54. The molecule has 98 valence electrons. The van der Waals surface area contributed by atoms with Crippen LogP contribution in [0.15, 0.2) is 28.9 Å². The number of aromatic nitrogens is 1. The molecule has 2 rings (SSSR count). The third-order valence-electron chi connectivity index (χ3n) is 3.46. The number of para-hydroxylation sites is 1. The largest absolute Gasteiger partial charge is 0.344 e. The van der Waals surface area contributed by atoms with Gasteiger partial charge in [0.2, 0.25) is 0 Å². The van der Waals surface area contributed by atoms with Crippen molar-refractivity contribution in [2.75, 3.05) is 7.05 Å². The van der Waals surface area contributed by atoms with Crippen molar-refractivity contribution < 1.29 is 0 Å². The van der Waals surface area contributed by atoms with Crippen molar-refractivity contribution >= 4 is 26.8 Å². The first-order valence-corrected chi connectivity index (χ1v) is 7.29. The summed E-state index contributed by atoms with van der Waals surface area (Å²) in [7, 11) is 2.02. The van der Waals surface area contributed by atoms with Crippen LogP contribution in [0.5, 0.6) is 0 Å². The first kappa shape index (κ1) is 13.6. The second-order valence-electron chi connectivity index (χ2n) is 5.19. The summed E-state index contributed by atoms with van der Waals surface area (Å²) in [6.07, 6.45) is 3.36. The van der Waals surface area contributed by atoms with Gasteiger partial charge in [-0.25, -0.2) is 0 Å². The summed E-state index contributed by atoms with van der Waals surface area (Å²) >= 11 is 3.68. The van der Waals surface area contributed by atoms with Crippen molar-refractivity contribution in [1.29, 1.82) is 0 Å². The van der Waals surface area contributed by atoms with Gasteiger partial charge in [0, 0.05) is 28.1 Å². The minimum atomic E-state index is 0.477. The zero-order valence-corrected chi connectivity index (χ0v) is 13.1. The van der Waals surface area contributed by atoms with Crippen LogP contribution in [0.25, 0.3) is 10.9 Å². The molecule has 2 nitrogen and oxygen atoms in total. The lowest BCUT2D eigenvalue weighted by Gasteiger charge is -2.10. The highest BCUT2D eigenvalue weighted by Crippen LogP contribution is 2.31. The summed E-state index contributed by atoms with van der Waals surface area (Å²) in [5.41, 5.74) is 2.73. The molecule has 1 unspecified atom stereocenters. The van der Waals surface area contributed by atoms with E-state index in [1.807, 2.05) is 7.05 Å². The van der Waals surface area contributed by atoms with Crippen LogP contribution >= 0.6 is 15.9 Å². The maximum atomic E-state index is 3.68. The van der Waals surface area contributed by atoms with Gasteiger partial charge in [0.05, 0.1) is 5.52 Å². The summed E-state index contributed by atoms with van der Waals surface area (Å²) in [6.45, 7) is 6.67. The molecule has 0 aliphatic rings. The Morgan fingerprint density at radius 3 is 2.61 bits per heavy atom. The Balaban J connectivity index is 2.58. The Bertz CT molecular complexity index is 543. The number of fused-ring (bicyclic) bond motifs is 1. The number of hydrogen-bond donors (Lipinski definition) is 1. The van der Waals surface area contributed by atoms with Crippen LogP contribution in [0.1, 0.15) is 32.4 Å². The summed E-state index contributed by atoms with van der Waals surface area (Å²) in [5, 5.41) is 4.67. The Labute approximate surface area is 118 Å². The minimum absolute atomic E-state index is 0.477. The lowest BCUT2D eigenvalue weighted by atomic mass is 10.1. The molecule has 1 aromatic carbocycles. The van der Waals surface area contributed by atoms with Gasteiger partial charge in [0.25, 0.3) is 0 Å². The number of nitrogens with zero attached hydrogens (tertiary/aromatic N) is 1. The van der Waals surface area contributed by atoms with Crippen molar-refractivity contribution in [3.8, 4) is 0 Å². The van der Waals surface area contributed by atoms with Crippen molar-refractivity contribution in [3.05, 3.63) is 34.4 Å². The van der Waals surface area contributed by atoms with E-state index in [4.69, 9.17) is 0 Å². The highest BCUT2D eigenvalue weighted by molar-refractivity contribution is 9.10. The molecule has 1 N–H and O–H groups in total. The predicted octanol–water partition coefficient (Wildman–Crippen LogP) is 4.14. The standard InChI is InChI=1S/C15H21BrN2/c1-10(2)18-9-12(8-11(3)17-4)13-6-5-7-14(16)15(13)18/h5-7,9-11,17H,8H2,1-4H3. The maximum absolute atomic E-state index is 3.68. The second-order valence-corrected chi connectivity index (χ2v) is 6.04. The monoisotopic (exact) mass is 308 g/mol. The third-order valence-corrected chi connectivity index (χ3v) is 4.10. The Hall–Kier alpha value is -0.800. The third kappa shape index (κ3) is 2.47. The lowest BCUT2D eigenvalue weighted by Crippen LogP contribution is -2.23. The zero-order chi connectivity index (χ0) is 13.3. The van der Waals surface area contributed by atoms with Crippen LogP contribution in [0.4, 0.5) is 0 Å². The molecule has 1 atom stereocenters. The smallest absolute Gasteiger partial charge is 0.0629 e. The molecule has 18 heavy (non-hydrogen) atoms. The number of likely N-dealkylation sites (N-methyl/N-ethyl adjacent to an activating group) is 1. The van der Waals surface area contributed by atoms with Gasteiger partial charge in [-0.1, -0.05) is 12.1 Å². The van der Waals surface area contributed by atoms with Crippen molar-refractivity contribution in [1.82, 2.24) is 9.88 Å². The molecule has 0 aliphatic heterocycles. The fourth-order valence-electron chi connectivity index (χ4n) is 2.34. The topological polar surface area (TPSA) is 17.0 Å². The molecule has 0 saturated heterocycles. The van der Waals surface area contributed by atoms with Gasteiger partial charge in [-0.05, 0) is 61.8 Å². The molecule has 0 bridgehead atoms. The van der Waals surface area contributed by atoms with E-state index in [2.05, 4.69) is 71.0 Å². The van der Waals surface area contributed by atoms with Gasteiger partial charge in [-0.15, -0.1) is 0 Å². The molecule has 0 saturated carbocycles. The van der Waals surface area contributed by atoms with E-state index in [1.165, 1.54) is 20.9 Å². The van der Waals surface area contributed by atoms with Crippen LogP contribution in [0.2, 0.25) is 0 Å². The molecule has 0 aliphatic carbocycles. The van der Waals surface area contributed by atoms with Crippen molar-refractivity contribution in [2.45, 2.75) is 39.3 Å². The van der Waals surface area contributed by atoms with Crippen molar-refractivity contribution in [2.24, 2.45) is 0 Å². The number of nitrogens with one attached hydrogen (secondary N) is 1. The Kier molecular flexibility index (Phi) is 4.13. The Morgan fingerprint density at radius 2 is 2.00 bits per heavy atom. The summed E-state index contributed by atoms with van der Waals surface area (Å²) in [6, 6.07) is 7.42. The van der Waals surface area contributed by atoms with Crippen LogP contribution in [-0.2, 0) is 6.42 Å². The quantitative estimate of drug-likeness (QED) is 0.898. The number of halogens is 1. The molecule has 2 aromatic rings. The SMILES string of the molecule is CNC(C)Cc1cn(C(C)C)c2c(Br)cccc12. The number of benzene rings is 1. The molecule has 0 spiro atoms. The van der Waals surface area contributed by atoms with Gasteiger partial charge < -0.3 is 9.88 Å². The first-order chi connectivity index (χ1) is 8.54. The van der Waals surface area contributed by atoms with Gasteiger partial charge in [0.15, 0.2) is 0 Å². The van der Waals surface area contributed by atoms with Crippen LogP contribution < -0.4 is 5.32 Å². The van der Waals surface area contributed by atoms with Gasteiger partial charge in [-0.2, -0.15) is 0 Å². The molecular formula is C15H21BrN2. The van der Waals surface area contributed by atoms with Gasteiger partial charge in [0.1, 0.15) is 0 Å². The van der Waals surface area contributed by atoms with Crippen LogP contribution in [0, 0.1) is 0 Å². The normalized spacial score (nSPS) is 13.4. The van der Waals surface area contributed by atoms with E-state index < -0.39 is 0 Å². The highest BCUT2D eigenvalue weighted by Gasteiger charge is 2.14. The summed E-state index contributed by atoms with van der Waals surface area (Å²) in [5.74, 6) is 0. The fourth-order valence-corrected chi connectivity index (χ4v) is 2.91. The average molecular weight is 309 g/mol. The van der Waals surface area contributed by atoms with E-state index in [0.29, 0.717) is 12.1 Å². The number of hydrogen-bond acceptors (Lipinski definition) is 1. The van der Waals surface area contributed by atoms with E-state index in [9.17, 15) is 0 Å². The fraction of sp³-hybridized carbons (Fsp3) is 0.467. The molecule has 0 fully saturated rings. The van der Waals surface area contributed by atoms with Crippen LogP contribution in [0.3, 0.4) is 0 Å². The van der Waals surface area contributed by atoms with E-state index in [0.717, 1.165) is 6.42 Å². The molecule has 0 radical (unpaired) electrons. The van der Waals surface area contributed by atoms with E-state index in [-0.39, 0.29) is 0 Å². The molecule has 0 amide bonds. The average Bonchev–Trinajstić information content (AvgIpc) is 2.70. The molecule has 1 heterocycles. The van der Waals surface area contributed by atoms with Crippen LogP contribution in [-0.4, -0.2) is 17.7 Å². The summed E-state index contributed by atoms with van der Waals surface area (Å²) in [4.78, 5) is 0. The van der Waals surface area contributed by atoms with E-state index >= 15 is 0 Å². The first-order valence-electron chi connectivity index (χ1n) is 6.49. The van der Waals surface area contributed by atoms with Gasteiger partial charge in [-0.3, -0.25) is 0 Å². The second kappa shape index (κ2) is 5.45. The highest BCUT2D eigenvalue weighted by atomic mass is 79.9. The molecule has 1 aromatic heterocycles. The molecule has 3 heteroatoms. The predicted molar refractivity (Wildman–Crippen MR) is 82.2 cm³/mol. The minimum Gasteiger partial charge on any atom is -0.344 e. The maximum Gasteiger partial charge on any atom is 0.0629 e. The van der Waals surface area contributed by atoms with Gasteiger partial charge >= 0.3 is 0 Å². The van der Waals surface area contributed by atoms with Crippen molar-refractivity contribution in [3.63, 3.8) is 0 Å². The van der Waals surface area contributed by atoms with E-state index in [1.54, 1.807) is 0 Å².